The van der Waals surface area contributed by atoms with Crippen LogP contribution in [0.1, 0.15) is 26.7 Å². The molecule has 0 aliphatic rings. The van der Waals surface area contributed by atoms with Crippen LogP contribution in [0, 0.1) is 0 Å². The van der Waals surface area contributed by atoms with Gasteiger partial charge in [-0.05, 0) is 13.3 Å². The number of hydrogen-bond acceptors (Lipinski definition) is 4. The van der Waals surface area contributed by atoms with Gasteiger partial charge in [0.1, 0.15) is 12.6 Å². The molecule has 106 valence electrons. The van der Waals surface area contributed by atoms with Gasteiger partial charge in [0.2, 0.25) is 0 Å². The smallest absolute Gasteiger partial charge is 0.323 e. The van der Waals surface area contributed by atoms with Crippen molar-refractivity contribution >= 4 is 11.9 Å². The topological polar surface area (TPSA) is 76.1 Å². The molecule has 18 heavy (non-hydrogen) atoms. The molecular formula is C12H23NO5. The number of carbonyl (C=O) groups is 2. The standard InChI is InChI=1S/C12H23NO5/c1-4-5-7-18-10(2)12(16)13(6-8-17-3)9-11(14)15/h10H,4-9H2,1-3H3,(H,14,15). The fourth-order valence-corrected chi connectivity index (χ4v) is 1.36. The summed E-state index contributed by atoms with van der Waals surface area (Å²) in [4.78, 5) is 23.9. The van der Waals surface area contributed by atoms with Crippen LogP contribution in [0.3, 0.4) is 0 Å². The Morgan fingerprint density at radius 1 is 1.33 bits per heavy atom. The number of rotatable bonds is 10. The SMILES string of the molecule is CCCCOC(C)C(=O)N(CCOC)CC(=O)O. The van der Waals surface area contributed by atoms with Crippen LogP contribution in [0.4, 0.5) is 0 Å². The molecule has 1 N–H and O–H groups in total. The molecule has 0 aromatic rings. The van der Waals surface area contributed by atoms with Crippen LogP contribution < -0.4 is 0 Å². The highest BCUT2D eigenvalue weighted by Crippen LogP contribution is 2.01. The average molecular weight is 261 g/mol. The summed E-state index contributed by atoms with van der Waals surface area (Å²) in [5.41, 5.74) is 0. The van der Waals surface area contributed by atoms with Gasteiger partial charge >= 0.3 is 5.97 Å². The Balaban J connectivity index is 4.28. The monoisotopic (exact) mass is 261 g/mol. The Bertz CT molecular complexity index is 257. The van der Waals surface area contributed by atoms with E-state index in [1.165, 1.54) is 12.0 Å². The molecule has 0 saturated carbocycles. The summed E-state index contributed by atoms with van der Waals surface area (Å²) in [7, 11) is 1.50. The molecular weight excluding hydrogens is 238 g/mol. The summed E-state index contributed by atoms with van der Waals surface area (Å²) >= 11 is 0. The molecule has 0 rings (SSSR count). The molecule has 1 unspecified atom stereocenters. The van der Waals surface area contributed by atoms with Gasteiger partial charge in [-0.3, -0.25) is 9.59 Å². The third kappa shape index (κ3) is 7.24. The average Bonchev–Trinajstić information content (AvgIpc) is 2.33. The maximum atomic E-state index is 12.0. The van der Waals surface area contributed by atoms with Crippen molar-refractivity contribution in [1.29, 1.82) is 0 Å². The molecule has 0 fully saturated rings. The van der Waals surface area contributed by atoms with E-state index in [2.05, 4.69) is 0 Å². The number of carboxylic acids is 1. The Morgan fingerprint density at radius 2 is 2.00 bits per heavy atom. The van der Waals surface area contributed by atoms with Gasteiger partial charge in [-0.2, -0.15) is 0 Å². The summed E-state index contributed by atoms with van der Waals surface area (Å²) < 4.78 is 10.2. The molecule has 0 aliphatic heterocycles. The lowest BCUT2D eigenvalue weighted by Gasteiger charge is -2.24. The van der Waals surface area contributed by atoms with Crippen molar-refractivity contribution in [3.8, 4) is 0 Å². The third-order valence-electron chi connectivity index (χ3n) is 2.42. The molecule has 1 amide bonds. The van der Waals surface area contributed by atoms with Crippen molar-refractivity contribution in [2.45, 2.75) is 32.8 Å². The van der Waals surface area contributed by atoms with Gasteiger partial charge in [0.05, 0.1) is 6.61 Å². The first kappa shape index (κ1) is 16.9. The summed E-state index contributed by atoms with van der Waals surface area (Å²) in [5.74, 6) is -1.36. The van der Waals surface area contributed by atoms with E-state index in [0.29, 0.717) is 13.2 Å². The van der Waals surface area contributed by atoms with Crippen LogP contribution in [0.25, 0.3) is 0 Å². The minimum atomic E-state index is -1.04. The van der Waals surface area contributed by atoms with Crippen LogP contribution in [0.2, 0.25) is 0 Å². The van der Waals surface area contributed by atoms with Crippen LogP contribution in [-0.2, 0) is 19.1 Å². The van der Waals surface area contributed by atoms with Crippen LogP contribution >= 0.6 is 0 Å². The second-order valence-corrected chi connectivity index (χ2v) is 4.01. The Labute approximate surface area is 108 Å². The van der Waals surface area contributed by atoms with Gasteiger partial charge in [-0.25, -0.2) is 0 Å². The highest BCUT2D eigenvalue weighted by molar-refractivity contribution is 5.84. The van der Waals surface area contributed by atoms with E-state index in [0.717, 1.165) is 12.8 Å². The van der Waals surface area contributed by atoms with E-state index in [9.17, 15) is 9.59 Å². The molecule has 0 bridgehead atoms. The normalized spacial score (nSPS) is 12.2. The second kappa shape index (κ2) is 9.85. The summed E-state index contributed by atoms with van der Waals surface area (Å²) in [5, 5.41) is 8.75. The quantitative estimate of drug-likeness (QED) is 0.587. The number of unbranched alkanes of at least 4 members (excludes halogenated alkanes) is 1. The van der Waals surface area contributed by atoms with Gasteiger partial charge in [0, 0.05) is 20.3 Å². The molecule has 6 heteroatoms. The van der Waals surface area contributed by atoms with Crippen molar-refractivity contribution in [2.24, 2.45) is 0 Å². The maximum absolute atomic E-state index is 12.0. The summed E-state index contributed by atoms with van der Waals surface area (Å²) in [6, 6.07) is 0. The molecule has 0 aromatic carbocycles. The zero-order valence-electron chi connectivity index (χ0n) is 11.3. The Hall–Kier alpha value is -1.14. The lowest BCUT2D eigenvalue weighted by Crippen LogP contribution is -2.43. The van der Waals surface area contributed by atoms with Gasteiger partial charge in [0.25, 0.3) is 5.91 Å². The first-order valence-electron chi connectivity index (χ1n) is 6.14. The molecule has 0 spiro atoms. The summed E-state index contributed by atoms with van der Waals surface area (Å²) in [6.07, 6.45) is 1.26. The minimum Gasteiger partial charge on any atom is -0.480 e. The van der Waals surface area contributed by atoms with E-state index in [1.54, 1.807) is 6.92 Å². The van der Waals surface area contributed by atoms with E-state index in [4.69, 9.17) is 14.6 Å². The summed E-state index contributed by atoms with van der Waals surface area (Å²) in [6.45, 7) is 4.41. The molecule has 0 heterocycles. The molecule has 1 atom stereocenters. The van der Waals surface area contributed by atoms with Crippen LogP contribution in [0.15, 0.2) is 0 Å². The molecule has 0 aliphatic carbocycles. The highest BCUT2D eigenvalue weighted by Gasteiger charge is 2.22. The van der Waals surface area contributed by atoms with Crippen LogP contribution in [-0.4, -0.2) is 61.4 Å². The van der Waals surface area contributed by atoms with Gasteiger partial charge < -0.3 is 19.5 Å². The number of amides is 1. The number of ether oxygens (including phenoxy) is 2. The predicted molar refractivity (Wildman–Crippen MR) is 66.4 cm³/mol. The second-order valence-electron chi connectivity index (χ2n) is 4.01. The number of aliphatic carboxylic acids is 1. The van der Waals surface area contributed by atoms with Crippen molar-refractivity contribution in [1.82, 2.24) is 4.90 Å². The first-order chi connectivity index (χ1) is 8.52. The molecule has 0 saturated heterocycles. The van der Waals surface area contributed by atoms with Gasteiger partial charge in [-0.1, -0.05) is 13.3 Å². The molecule has 0 aromatic heterocycles. The lowest BCUT2D eigenvalue weighted by molar-refractivity contribution is -0.150. The van der Waals surface area contributed by atoms with E-state index >= 15 is 0 Å². The largest absolute Gasteiger partial charge is 0.480 e. The predicted octanol–water partition coefficient (Wildman–Crippen LogP) is 0.751. The van der Waals surface area contributed by atoms with Crippen LogP contribution in [0.5, 0.6) is 0 Å². The van der Waals surface area contributed by atoms with Crippen molar-refractivity contribution in [3.05, 3.63) is 0 Å². The van der Waals surface area contributed by atoms with E-state index in [1.807, 2.05) is 6.92 Å². The number of hydrogen-bond donors (Lipinski definition) is 1. The maximum Gasteiger partial charge on any atom is 0.323 e. The third-order valence-corrected chi connectivity index (χ3v) is 2.42. The van der Waals surface area contributed by atoms with E-state index in [-0.39, 0.29) is 19.0 Å². The molecule has 6 nitrogen and oxygen atoms in total. The number of carbonyl (C=O) groups excluding carboxylic acids is 1. The van der Waals surface area contributed by atoms with Gasteiger partial charge in [-0.15, -0.1) is 0 Å². The zero-order chi connectivity index (χ0) is 14.0. The zero-order valence-corrected chi connectivity index (χ0v) is 11.3. The Kier molecular flexibility index (Phi) is 9.22. The fourth-order valence-electron chi connectivity index (χ4n) is 1.36. The van der Waals surface area contributed by atoms with Crippen molar-refractivity contribution in [3.63, 3.8) is 0 Å². The number of methoxy groups -OCH3 is 1. The lowest BCUT2D eigenvalue weighted by atomic mass is 10.3. The van der Waals surface area contributed by atoms with Crippen molar-refractivity contribution < 1.29 is 24.2 Å². The minimum absolute atomic E-state index is 0.253. The Morgan fingerprint density at radius 3 is 2.50 bits per heavy atom. The van der Waals surface area contributed by atoms with E-state index < -0.39 is 12.1 Å². The van der Waals surface area contributed by atoms with Crippen molar-refractivity contribution in [2.75, 3.05) is 33.4 Å². The first-order valence-corrected chi connectivity index (χ1v) is 6.14. The fraction of sp³-hybridized carbons (Fsp3) is 0.833. The number of nitrogens with zero attached hydrogens (tertiary/aromatic N) is 1. The highest BCUT2D eigenvalue weighted by atomic mass is 16.5. The molecule has 0 radical (unpaired) electrons. The van der Waals surface area contributed by atoms with Gasteiger partial charge in [0.15, 0.2) is 0 Å². The number of carboxylic acid groups (broad SMARTS) is 1.